The van der Waals surface area contributed by atoms with Gasteiger partial charge in [-0.15, -0.1) is 0 Å². The number of hydrogen-bond acceptors (Lipinski definition) is 1. The minimum Gasteiger partial charge on any atom is -1.00 e. The highest BCUT2D eigenvalue weighted by atomic mass is 127. The van der Waals surface area contributed by atoms with Crippen molar-refractivity contribution in [3.63, 3.8) is 0 Å². The van der Waals surface area contributed by atoms with E-state index in [9.17, 15) is 0 Å². The van der Waals surface area contributed by atoms with Crippen molar-refractivity contribution in [2.45, 2.75) is 19.9 Å². The largest absolute Gasteiger partial charge is 1.00 e. The molecule has 0 aliphatic rings. The van der Waals surface area contributed by atoms with Gasteiger partial charge in [0.15, 0.2) is 12.4 Å². The molecule has 0 radical (unpaired) electrons. The maximum atomic E-state index is 6.01. The molecular formula is C15H14BrClIN3. The van der Waals surface area contributed by atoms with E-state index in [1.54, 1.807) is 0 Å². The summed E-state index contributed by atoms with van der Waals surface area (Å²) in [6.07, 6.45) is 5.27. The number of halogens is 3. The summed E-state index contributed by atoms with van der Waals surface area (Å²) in [6.45, 7) is 3.15. The first-order valence-electron chi connectivity index (χ1n) is 6.51. The van der Waals surface area contributed by atoms with Crippen LogP contribution in [0.4, 0.5) is 0 Å². The third-order valence-electron chi connectivity index (χ3n) is 3.09. The molecule has 1 aromatic carbocycles. The zero-order chi connectivity index (χ0) is 14.1. The zero-order valence-corrected chi connectivity index (χ0v) is 15.9. The normalized spacial score (nSPS) is 10.6. The minimum absolute atomic E-state index is 0. The molecule has 0 saturated heterocycles. The molecule has 0 atom stereocenters. The Morgan fingerprint density at radius 3 is 2.86 bits per heavy atom. The standard InChI is InChI=1S/C15H14BrClN3.HI/c1-2-5-20-8-10(6-11(16)9-20)15-18-13-4-3-12(17)7-14(13)19-15;/h3-4,6-9H,2,5H2,1H3,(H,18,19);1H/q+1;/p-1. The summed E-state index contributed by atoms with van der Waals surface area (Å²) in [6, 6.07) is 7.74. The Bertz CT molecular complexity index is 773. The van der Waals surface area contributed by atoms with Crippen LogP contribution in [0.15, 0.2) is 41.1 Å². The van der Waals surface area contributed by atoms with E-state index in [1.807, 2.05) is 18.2 Å². The highest BCUT2D eigenvalue weighted by Crippen LogP contribution is 2.23. The number of imidazole rings is 1. The Morgan fingerprint density at radius 1 is 1.29 bits per heavy atom. The van der Waals surface area contributed by atoms with Crippen molar-refractivity contribution in [2.24, 2.45) is 0 Å². The summed E-state index contributed by atoms with van der Waals surface area (Å²) in [4.78, 5) is 7.94. The fourth-order valence-electron chi connectivity index (χ4n) is 2.23. The average Bonchev–Trinajstić information content (AvgIpc) is 2.81. The van der Waals surface area contributed by atoms with Crippen molar-refractivity contribution in [3.8, 4) is 11.4 Å². The number of fused-ring (bicyclic) bond motifs is 1. The minimum atomic E-state index is 0. The van der Waals surface area contributed by atoms with Crippen LogP contribution in [0.25, 0.3) is 22.4 Å². The fourth-order valence-corrected chi connectivity index (χ4v) is 2.91. The zero-order valence-electron chi connectivity index (χ0n) is 11.4. The van der Waals surface area contributed by atoms with Crippen LogP contribution in [0.3, 0.4) is 0 Å². The van der Waals surface area contributed by atoms with Gasteiger partial charge >= 0.3 is 0 Å². The molecule has 0 bridgehead atoms. The lowest BCUT2D eigenvalue weighted by Crippen LogP contribution is -3.00. The van der Waals surface area contributed by atoms with Crippen LogP contribution in [-0.2, 0) is 6.54 Å². The predicted octanol–water partition coefficient (Wildman–Crippen LogP) is 1.35. The Hall–Kier alpha value is -0.660. The third-order valence-corrected chi connectivity index (χ3v) is 3.76. The van der Waals surface area contributed by atoms with Crippen molar-refractivity contribution in [1.29, 1.82) is 0 Å². The fraction of sp³-hybridized carbons (Fsp3) is 0.200. The van der Waals surface area contributed by atoms with Crippen LogP contribution in [0, 0.1) is 0 Å². The second-order valence-electron chi connectivity index (χ2n) is 4.73. The number of aromatic amines is 1. The Kier molecular flexibility index (Phi) is 5.62. The van der Waals surface area contributed by atoms with Gasteiger partial charge in [0.25, 0.3) is 0 Å². The van der Waals surface area contributed by atoms with Crippen molar-refractivity contribution in [3.05, 3.63) is 46.2 Å². The SMILES string of the molecule is CCC[n+]1cc(Br)cc(-c2nc3ccc(Cl)cc3[nH]2)c1.[I-]. The maximum absolute atomic E-state index is 6.01. The van der Waals surface area contributed by atoms with E-state index in [-0.39, 0.29) is 24.0 Å². The van der Waals surface area contributed by atoms with Gasteiger partial charge in [-0.1, -0.05) is 18.5 Å². The molecule has 3 nitrogen and oxygen atoms in total. The van der Waals surface area contributed by atoms with Crippen LogP contribution in [-0.4, -0.2) is 9.97 Å². The molecule has 3 rings (SSSR count). The second kappa shape index (κ2) is 7.07. The highest BCUT2D eigenvalue weighted by Gasteiger charge is 2.11. The first kappa shape index (κ1) is 16.7. The number of H-pyrrole nitrogens is 1. The maximum Gasteiger partial charge on any atom is 0.183 e. The summed E-state index contributed by atoms with van der Waals surface area (Å²) >= 11 is 9.56. The number of hydrogen-bond donors (Lipinski definition) is 1. The second-order valence-corrected chi connectivity index (χ2v) is 6.08. The Labute approximate surface area is 153 Å². The predicted molar refractivity (Wildman–Crippen MR) is 84.7 cm³/mol. The molecule has 2 heterocycles. The molecule has 6 heteroatoms. The number of aromatic nitrogens is 3. The molecular weight excluding hydrogens is 464 g/mol. The van der Waals surface area contributed by atoms with Gasteiger partial charge in [-0.3, -0.25) is 0 Å². The molecule has 110 valence electrons. The Morgan fingerprint density at radius 2 is 2.10 bits per heavy atom. The molecule has 3 aromatic rings. The smallest absolute Gasteiger partial charge is 0.183 e. The third kappa shape index (κ3) is 3.76. The molecule has 1 N–H and O–H groups in total. The summed E-state index contributed by atoms with van der Waals surface area (Å²) in [5, 5.41) is 0.711. The molecule has 0 aliphatic heterocycles. The number of rotatable bonds is 3. The molecule has 0 unspecified atom stereocenters. The highest BCUT2D eigenvalue weighted by molar-refractivity contribution is 9.10. The van der Waals surface area contributed by atoms with E-state index in [2.05, 4.69) is 55.8 Å². The average molecular weight is 479 g/mol. The van der Waals surface area contributed by atoms with E-state index < -0.39 is 0 Å². The van der Waals surface area contributed by atoms with Crippen LogP contribution in [0.5, 0.6) is 0 Å². The van der Waals surface area contributed by atoms with Gasteiger partial charge < -0.3 is 29.0 Å². The molecule has 0 spiro atoms. The van der Waals surface area contributed by atoms with Crippen molar-refractivity contribution < 1.29 is 28.5 Å². The quantitative estimate of drug-likeness (QED) is 0.448. The van der Waals surface area contributed by atoms with Crippen molar-refractivity contribution in [2.75, 3.05) is 0 Å². The molecule has 21 heavy (non-hydrogen) atoms. The van der Waals surface area contributed by atoms with Gasteiger partial charge in [0.1, 0.15) is 12.4 Å². The van der Waals surface area contributed by atoms with Crippen LogP contribution in [0.2, 0.25) is 5.02 Å². The molecule has 0 fully saturated rings. The molecule has 2 aromatic heterocycles. The lowest BCUT2D eigenvalue weighted by Gasteiger charge is -1.99. The monoisotopic (exact) mass is 477 g/mol. The number of aryl methyl sites for hydroxylation is 1. The lowest BCUT2D eigenvalue weighted by atomic mass is 10.2. The van der Waals surface area contributed by atoms with Gasteiger partial charge in [-0.25, -0.2) is 9.55 Å². The number of pyridine rings is 1. The summed E-state index contributed by atoms with van der Waals surface area (Å²) < 4.78 is 3.21. The lowest BCUT2D eigenvalue weighted by molar-refractivity contribution is -0.697. The van der Waals surface area contributed by atoms with Gasteiger partial charge in [-0.05, 0) is 40.2 Å². The van der Waals surface area contributed by atoms with Gasteiger partial charge in [0.2, 0.25) is 0 Å². The summed E-state index contributed by atoms with van der Waals surface area (Å²) in [7, 11) is 0. The first-order valence-corrected chi connectivity index (χ1v) is 7.68. The molecule has 0 aliphatic carbocycles. The molecule has 0 saturated carbocycles. The van der Waals surface area contributed by atoms with E-state index in [0.29, 0.717) is 5.02 Å². The number of nitrogens with one attached hydrogen (secondary N) is 1. The van der Waals surface area contributed by atoms with E-state index in [0.717, 1.165) is 39.9 Å². The first-order chi connectivity index (χ1) is 9.65. The van der Waals surface area contributed by atoms with E-state index >= 15 is 0 Å². The van der Waals surface area contributed by atoms with E-state index in [4.69, 9.17) is 11.6 Å². The van der Waals surface area contributed by atoms with Gasteiger partial charge in [0, 0.05) is 11.4 Å². The number of nitrogens with zero attached hydrogens (tertiary/aromatic N) is 2. The van der Waals surface area contributed by atoms with Gasteiger partial charge in [0.05, 0.1) is 21.1 Å². The van der Waals surface area contributed by atoms with E-state index in [1.165, 1.54) is 0 Å². The van der Waals surface area contributed by atoms with Gasteiger partial charge in [-0.2, -0.15) is 0 Å². The van der Waals surface area contributed by atoms with Crippen molar-refractivity contribution >= 4 is 38.6 Å². The number of benzene rings is 1. The Balaban J connectivity index is 0.00000161. The summed E-state index contributed by atoms with van der Waals surface area (Å²) in [5.41, 5.74) is 2.93. The molecule has 0 amide bonds. The topological polar surface area (TPSA) is 32.6 Å². The van der Waals surface area contributed by atoms with Crippen LogP contribution >= 0.6 is 27.5 Å². The van der Waals surface area contributed by atoms with Crippen LogP contribution in [0.1, 0.15) is 13.3 Å². The van der Waals surface area contributed by atoms with Crippen LogP contribution < -0.4 is 28.5 Å². The van der Waals surface area contributed by atoms with Crippen molar-refractivity contribution in [1.82, 2.24) is 9.97 Å². The summed E-state index contributed by atoms with van der Waals surface area (Å²) in [5.74, 6) is 0.855.